The van der Waals surface area contributed by atoms with E-state index in [1.165, 1.54) is 0 Å². The second-order valence-corrected chi connectivity index (χ2v) is 7.48. The second kappa shape index (κ2) is 4.18. The lowest BCUT2D eigenvalue weighted by Gasteiger charge is -2.51. The molecule has 1 saturated heterocycles. The van der Waals surface area contributed by atoms with Crippen molar-refractivity contribution >= 4 is 5.97 Å². The molecule has 2 bridgehead atoms. The summed E-state index contributed by atoms with van der Waals surface area (Å²) >= 11 is 0. The summed E-state index contributed by atoms with van der Waals surface area (Å²) in [6.07, 6.45) is 0.106. The van der Waals surface area contributed by atoms with Crippen molar-refractivity contribution in [2.75, 3.05) is 6.61 Å². The zero-order valence-corrected chi connectivity index (χ0v) is 12.2. The summed E-state index contributed by atoms with van der Waals surface area (Å²) in [5, 5.41) is 30.8. The van der Waals surface area contributed by atoms with Crippen molar-refractivity contribution < 1.29 is 24.9 Å². The lowest BCUT2D eigenvalue weighted by molar-refractivity contribution is -0.170. The van der Waals surface area contributed by atoms with Gasteiger partial charge in [0, 0.05) is 17.9 Å². The third-order valence-electron chi connectivity index (χ3n) is 6.19. The number of rotatable bonds is 2. The first-order valence-electron chi connectivity index (χ1n) is 7.44. The molecule has 20 heavy (non-hydrogen) atoms. The molecule has 1 heterocycles. The summed E-state index contributed by atoms with van der Waals surface area (Å²) in [5.41, 5.74) is -1.57. The fraction of sp³-hybridized carbons (Fsp3) is 0.933. The van der Waals surface area contributed by atoms with Crippen molar-refractivity contribution in [3.63, 3.8) is 0 Å². The molecule has 3 N–H and O–H groups in total. The number of ether oxygens (including phenoxy) is 1. The number of carbonyl (C=O) groups excluding carboxylic acids is 1. The maximum absolute atomic E-state index is 12.2. The Hall–Kier alpha value is -0.650. The SMILES string of the molecule is CC(C)(O)C1C2OC(=O)C1C1CCC(CO)C1(C)C2O. The Morgan fingerprint density at radius 3 is 2.60 bits per heavy atom. The van der Waals surface area contributed by atoms with Crippen LogP contribution in [-0.4, -0.2) is 45.7 Å². The normalized spacial score (nSPS) is 51.0. The van der Waals surface area contributed by atoms with E-state index in [9.17, 15) is 20.1 Å². The van der Waals surface area contributed by atoms with E-state index >= 15 is 0 Å². The number of aliphatic hydroxyl groups excluding tert-OH is 2. The van der Waals surface area contributed by atoms with Gasteiger partial charge in [0.25, 0.3) is 0 Å². The van der Waals surface area contributed by atoms with E-state index in [1.807, 2.05) is 6.92 Å². The lowest BCUT2D eigenvalue weighted by Crippen LogP contribution is -2.60. The quantitative estimate of drug-likeness (QED) is 0.636. The van der Waals surface area contributed by atoms with Gasteiger partial charge in [0.05, 0.1) is 17.6 Å². The molecule has 0 aromatic carbocycles. The standard InChI is InChI=1S/C15H24O5/c1-14(2,19)10-9-8-5-4-7(6-16)15(8,3)12(17)11(10)20-13(9)18/h7-12,16-17,19H,4-6H2,1-3H3. The first-order chi connectivity index (χ1) is 9.22. The van der Waals surface area contributed by atoms with Crippen molar-refractivity contribution in [2.45, 2.75) is 51.4 Å². The molecule has 0 radical (unpaired) electrons. The largest absolute Gasteiger partial charge is 0.459 e. The van der Waals surface area contributed by atoms with E-state index in [1.54, 1.807) is 13.8 Å². The predicted octanol–water partition coefficient (Wildman–Crippen LogP) is 0.314. The van der Waals surface area contributed by atoms with Crippen LogP contribution < -0.4 is 0 Å². The summed E-state index contributed by atoms with van der Waals surface area (Å²) in [5.74, 6) is -1.08. The van der Waals surface area contributed by atoms with Gasteiger partial charge in [-0.3, -0.25) is 4.79 Å². The highest BCUT2D eigenvalue weighted by atomic mass is 16.6. The Labute approximate surface area is 118 Å². The van der Waals surface area contributed by atoms with Gasteiger partial charge >= 0.3 is 5.97 Å². The first-order valence-corrected chi connectivity index (χ1v) is 7.44. The van der Waals surface area contributed by atoms with E-state index in [-0.39, 0.29) is 36.2 Å². The molecular formula is C15H24O5. The molecule has 1 aliphatic heterocycles. The van der Waals surface area contributed by atoms with Crippen LogP contribution in [-0.2, 0) is 9.53 Å². The van der Waals surface area contributed by atoms with Crippen LogP contribution in [0.3, 0.4) is 0 Å². The Bertz CT molecular complexity index is 428. The first kappa shape index (κ1) is 14.3. The number of hydrogen-bond donors (Lipinski definition) is 3. The summed E-state index contributed by atoms with van der Waals surface area (Å²) in [7, 11) is 0. The molecule has 2 saturated carbocycles. The van der Waals surface area contributed by atoms with Gasteiger partial charge in [-0.25, -0.2) is 0 Å². The molecule has 0 amide bonds. The fourth-order valence-corrected chi connectivity index (χ4v) is 5.13. The Morgan fingerprint density at radius 1 is 1.40 bits per heavy atom. The predicted molar refractivity (Wildman–Crippen MR) is 70.6 cm³/mol. The van der Waals surface area contributed by atoms with Crippen molar-refractivity contribution in [3.8, 4) is 0 Å². The zero-order valence-electron chi connectivity index (χ0n) is 12.2. The minimum absolute atomic E-state index is 0.00949. The smallest absolute Gasteiger partial charge is 0.310 e. The van der Waals surface area contributed by atoms with Crippen molar-refractivity contribution in [2.24, 2.45) is 29.1 Å². The Morgan fingerprint density at radius 2 is 2.05 bits per heavy atom. The van der Waals surface area contributed by atoms with E-state index < -0.39 is 23.2 Å². The van der Waals surface area contributed by atoms with Gasteiger partial charge in [0.1, 0.15) is 6.10 Å². The molecule has 0 aromatic rings. The van der Waals surface area contributed by atoms with Crippen LogP contribution in [0.2, 0.25) is 0 Å². The number of esters is 1. The number of aliphatic hydroxyl groups is 3. The van der Waals surface area contributed by atoms with Crippen LogP contribution in [0.5, 0.6) is 0 Å². The zero-order chi connectivity index (χ0) is 14.9. The molecule has 7 atom stereocenters. The third-order valence-corrected chi connectivity index (χ3v) is 6.19. The van der Waals surface area contributed by atoms with Crippen LogP contribution in [0.25, 0.3) is 0 Å². The average Bonchev–Trinajstić information content (AvgIpc) is 2.83. The van der Waals surface area contributed by atoms with Crippen molar-refractivity contribution in [3.05, 3.63) is 0 Å². The summed E-state index contributed by atoms with van der Waals surface area (Å²) in [4.78, 5) is 12.2. The molecule has 3 aliphatic rings. The summed E-state index contributed by atoms with van der Waals surface area (Å²) < 4.78 is 5.40. The minimum Gasteiger partial charge on any atom is -0.459 e. The van der Waals surface area contributed by atoms with E-state index in [0.29, 0.717) is 0 Å². The Balaban J connectivity index is 2.06. The van der Waals surface area contributed by atoms with Crippen molar-refractivity contribution in [1.29, 1.82) is 0 Å². The molecule has 5 heteroatoms. The molecule has 3 rings (SSSR count). The maximum atomic E-state index is 12.2. The molecular weight excluding hydrogens is 260 g/mol. The number of hydrogen-bond acceptors (Lipinski definition) is 5. The molecule has 114 valence electrons. The maximum Gasteiger partial charge on any atom is 0.310 e. The number of carbonyl (C=O) groups is 1. The molecule has 0 aromatic heterocycles. The van der Waals surface area contributed by atoms with Gasteiger partial charge < -0.3 is 20.1 Å². The van der Waals surface area contributed by atoms with Crippen LogP contribution in [0.15, 0.2) is 0 Å². The van der Waals surface area contributed by atoms with Crippen LogP contribution in [0.1, 0.15) is 33.6 Å². The monoisotopic (exact) mass is 284 g/mol. The molecule has 3 fully saturated rings. The van der Waals surface area contributed by atoms with Gasteiger partial charge in [-0.15, -0.1) is 0 Å². The summed E-state index contributed by atoms with van der Waals surface area (Å²) in [6, 6.07) is 0. The molecule has 2 aliphatic carbocycles. The van der Waals surface area contributed by atoms with E-state index in [4.69, 9.17) is 4.74 Å². The average molecular weight is 284 g/mol. The van der Waals surface area contributed by atoms with Gasteiger partial charge in [-0.05, 0) is 38.5 Å². The Kier molecular flexibility index (Phi) is 2.99. The highest BCUT2D eigenvalue weighted by molar-refractivity contribution is 5.77. The van der Waals surface area contributed by atoms with Crippen LogP contribution in [0.4, 0.5) is 0 Å². The number of fused-ring (bicyclic) bond motifs is 4. The molecule has 0 spiro atoms. The highest BCUT2D eigenvalue weighted by Crippen LogP contribution is 2.63. The van der Waals surface area contributed by atoms with Gasteiger partial charge in [0.15, 0.2) is 0 Å². The van der Waals surface area contributed by atoms with Crippen LogP contribution >= 0.6 is 0 Å². The van der Waals surface area contributed by atoms with Gasteiger partial charge in [-0.1, -0.05) is 6.92 Å². The van der Waals surface area contributed by atoms with Gasteiger partial charge in [-0.2, -0.15) is 0 Å². The van der Waals surface area contributed by atoms with Crippen LogP contribution in [0, 0.1) is 29.1 Å². The van der Waals surface area contributed by atoms with E-state index in [2.05, 4.69) is 0 Å². The fourth-order valence-electron chi connectivity index (χ4n) is 5.13. The van der Waals surface area contributed by atoms with Crippen molar-refractivity contribution in [1.82, 2.24) is 0 Å². The topological polar surface area (TPSA) is 87.0 Å². The second-order valence-electron chi connectivity index (χ2n) is 7.48. The molecule has 5 nitrogen and oxygen atoms in total. The highest BCUT2D eigenvalue weighted by Gasteiger charge is 2.70. The molecule has 7 unspecified atom stereocenters. The minimum atomic E-state index is -1.07. The summed E-state index contributed by atoms with van der Waals surface area (Å²) in [6.45, 7) is 5.32. The van der Waals surface area contributed by atoms with E-state index in [0.717, 1.165) is 12.8 Å². The lowest BCUT2D eigenvalue weighted by atomic mass is 9.54. The van der Waals surface area contributed by atoms with Gasteiger partial charge in [0.2, 0.25) is 0 Å². The third kappa shape index (κ3) is 1.57.